The number of hydrogen-bond donors (Lipinski definition) is 1. The predicted molar refractivity (Wildman–Crippen MR) is 69.4 cm³/mol. The van der Waals surface area contributed by atoms with Crippen molar-refractivity contribution >= 4 is 23.4 Å². The molecule has 16 heavy (non-hydrogen) atoms. The van der Waals surface area contributed by atoms with Crippen molar-refractivity contribution in [3.63, 3.8) is 0 Å². The first-order valence-electron chi connectivity index (χ1n) is 5.69. The molecule has 0 radical (unpaired) electrons. The SMILES string of the molecule is CNc1cc(N2CCCCC2)nc(SC)n1. The Balaban J connectivity index is 2.24. The fourth-order valence-corrected chi connectivity index (χ4v) is 2.29. The quantitative estimate of drug-likeness (QED) is 0.646. The molecule has 0 aliphatic carbocycles. The fraction of sp³-hybridized carbons (Fsp3) is 0.636. The summed E-state index contributed by atoms with van der Waals surface area (Å²) >= 11 is 1.59. The summed E-state index contributed by atoms with van der Waals surface area (Å²) in [7, 11) is 1.90. The third-order valence-electron chi connectivity index (χ3n) is 2.81. The molecule has 0 amide bonds. The Hall–Kier alpha value is -0.970. The molecule has 4 nitrogen and oxygen atoms in total. The van der Waals surface area contributed by atoms with E-state index >= 15 is 0 Å². The molecule has 0 bridgehead atoms. The van der Waals surface area contributed by atoms with Gasteiger partial charge in [-0.3, -0.25) is 0 Å². The van der Waals surface area contributed by atoms with Gasteiger partial charge in [0.15, 0.2) is 5.16 Å². The minimum absolute atomic E-state index is 0.840. The number of thioether (sulfide) groups is 1. The van der Waals surface area contributed by atoms with Crippen LogP contribution in [0.3, 0.4) is 0 Å². The number of anilines is 2. The standard InChI is InChI=1S/C11H18N4S/c1-12-9-8-10(14-11(13-9)16-2)15-6-4-3-5-7-15/h8H,3-7H2,1-2H3,(H,12,13,14). The highest BCUT2D eigenvalue weighted by Crippen LogP contribution is 2.22. The molecule has 88 valence electrons. The van der Waals surface area contributed by atoms with E-state index < -0.39 is 0 Å². The topological polar surface area (TPSA) is 41.0 Å². The zero-order valence-electron chi connectivity index (χ0n) is 9.86. The van der Waals surface area contributed by atoms with E-state index in [-0.39, 0.29) is 0 Å². The lowest BCUT2D eigenvalue weighted by molar-refractivity contribution is 0.571. The molecule has 1 aromatic rings. The molecule has 5 heteroatoms. The van der Waals surface area contributed by atoms with Crippen LogP contribution in [-0.2, 0) is 0 Å². The fourth-order valence-electron chi connectivity index (χ4n) is 1.92. The van der Waals surface area contributed by atoms with Crippen molar-refractivity contribution in [2.24, 2.45) is 0 Å². The lowest BCUT2D eigenvalue weighted by Gasteiger charge is -2.28. The van der Waals surface area contributed by atoms with Gasteiger partial charge < -0.3 is 10.2 Å². The van der Waals surface area contributed by atoms with E-state index in [4.69, 9.17) is 0 Å². The van der Waals surface area contributed by atoms with Crippen LogP contribution >= 0.6 is 11.8 Å². The molecule has 0 saturated carbocycles. The summed E-state index contributed by atoms with van der Waals surface area (Å²) in [5.74, 6) is 1.96. The maximum absolute atomic E-state index is 4.56. The average Bonchev–Trinajstić information content (AvgIpc) is 2.39. The maximum atomic E-state index is 4.56. The summed E-state index contributed by atoms with van der Waals surface area (Å²) in [6, 6.07) is 2.03. The van der Waals surface area contributed by atoms with Crippen LogP contribution in [0.5, 0.6) is 0 Å². The zero-order chi connectivity index (χ0) is 11.4. The number of nitrogens with one attached hydrogen (secondary N) is 1. The van der Waals surface area contributed by atoms with E-state index in [9.17, 15) is 0 Å². The van der Waals surface area contributed by atoms with E-state index in [0.29, 0.717) is 0 Å². The van der Waals surface area contributed by atoms with Crippen LogP contribution in [0.1, 0.15) is 19.3 Å². The summed E-state index contributed by atoms with van der Waals surface area (Å²) in [6.07, 6.45) is 5.89. The summed E-state index contributed by atoms with van der Waals surface area (Å²) in [5, 5.41) is 3.93. The molecule has 0 unspecified atom stereocenters. The third-order valence-corrected chi connectivity index (χ3v) is 3.36. The molecule has 1 aromatic heterocycles. The minimum atomic E-state index is 0.840. The van der Waals surface area contributed by atoms with Gasteiger partial charge >= 0.3 is 0 Å². The van der Waals surface area contributed by atoms with Crippen LogP contribution < -0.4 is 10.2 Å². The summed E-state index contributed by atoms with van der Waals surface area (Å²) in [4.78, 5) is 11.3. The Morgan fingerprint density at radius 1 is 1.25 bits per heavy atom. The number of piperidine rings is 1. The molecule has 0 aromatic carbocycles. The third kappa shape index (κ3) is 2.58. The molecule has 1 aliphatic rings. The summed E-state index contributed by atoms with van der Waals surface area (Å²) in [6.45, 7) is 2.24. The second-order valence-corrected chi connectivity index (χ2v) is 4.67. The van der Waals surface area contributed by atoms with Crippen LogP contribution in [0.2, 0.25) is 0 Å². The van der Waals surface area contributed by atoms with E-state index in [2.05, 4.69) is 20.2 Å². The van der Waals surface area contributed by atoms with Gasteiger partial charge in [-0.15, -0.1) is 0 Å². The molecule has 0 atom stereocenters. The summed E-state index contributed by atoms with van der Waals surface area (Å²) in [5.41, 5.74) is 0. The minimum Gasteiger partial charge on any atom is -0.373 e. The van der Waals surface area contributed by atoms with Crippen LogP contribution in [-0.4, -0.2) is 36.4 Å². The maximum Gasteiger partial charge on any atom is 0.191 e. The van der Waals surface area contributed by atoms with Gasteiger partial charge in [-0.05, 0) is 25.5 Å². The number of hydrogen-bond acceptors (Lipinski definition) is 5. The first kappa shape index (κ1) is 11.5. The largest absolute Gasteiger partial charge is 0.373 e. The molecule has 1 fully saturated rings. The molecular formula is C11H18N4S. The highest BCUT2D eigenvalue weighted by Gasteiger charge is 2.14. The molecule has 2 heterocycles. The Bertz CT molecular complexity index is 328. The smallest absolute Gasteiger partial charge is 0.191 e. The van der Waals surface area contributed by atoms with Gasteiger partial charge in [0.05, 0.1) is 0 Å². The molecule has 2 rings (SSSR count). The Morgan fingerprint density at radius 3 is 2.62 bits per heavy atom. The Kier molecular flexibility index (Phi) is 3.88. The first-order valence-corrected chi connectivity index (χ1v) is 6.91. The van der Waals surface area contributed by atoms with Crippen LogP contribution in [0.4, 0.5) is 11.6 Å². The molecular weight excluding hydrogens is 220 g/mol. The Labute approximate surface area is 101 Å². The van der Waals surface area contributed by atoms with Crippen LogP contribution in [0, 0.1) is 0 Å². The van der Waals surface area contributed by atoms with Gasteiger partial charge in [0.2, 0.25) is 0 Å². The molecule has 0 spiro atoms. The van der Waals surface area contributed by atoms with Crippen molar-refractivity contribution in [1.82, 2.24) is 9.97 Å². The van der Waals surface area contributed by atoms with Crippen molar-refractivity contribution in [3.05, 3.63) is 6.07 Å². The van der Waals surface area contributed by atoms with Crippen LogP contribution in [0.15, 0.2) is 11.2 Å². The van der Waals surface area contributed by atoms with E-state index in [1.54, 1.807) is 11.8 Å². The number of aromatic nitrogens is 2. The second kappa shape index (κ2) is 5.39. The predicted octanol–water partition coefficient (Wildman–Crippen LogP) is 2.23. The number of nitrogens with zero attached hydrogens (tertiary/aromatic N) is 3. The number of rotatable bonds is 3. The summed E-state index contributed by atoms with van der Waals surface area (Å²) < 4.78 is 0. The highest BCUT2D eigenvalue weighted by atomic mass is 32.2. The lowest BCUT2D eigenvalue weighted by Crippen LogP contribution is -2.30. The van der Waals surface area contributed by atoms with E-state index in [0.717, 1.165) is 29.9 Å². The first-order chi connectivity index (χ1) is 7.83. The molecule has 1 N–H and O–H groups in total. The van der Waals surface area contributed by atoms with Gasteiger partial charge in [-0.1, -0.05) is 11.8 Å². The van der Waals surface area contributed by atoms with E-state index in [1.165, 1.54) is 19.3 Å². The molecule has 1 aliphatic heterocycles. The van der Waals surface area contributed by atoms with Gasteiger partial charge in [0, 0.05) is 26.2 Å². The normalized spacial score (nSPS) is 16.2. The lowest BCUT2D eigenvalue weighted by atomic mass is 10.1. The Morgan fingerprint density at radius 2 is 2.00 bits per heavy atom. The van der Waals surface area contributed by atoms with Crippen molar-refractivity contribution in [1.29, 1.82) is 0 Å². The average molecular weight is 238 g/mol. The van der Waals surface area contributed by atoms with E-state index in [1.807, 2.05) is 19.4 Å². The zero-order valence-corrected chi connectivity index (χ0v) is 10.7. The highest BCUT2D eigenvalue weighted by molar-refractivity contribution is 7.98. The monoisotopic (exact) mass is 238 g/mol. The van der Waals surface area contributed by atoms with Crippen molar-refractivity contribution < 1.29 is 0 Å². The van der Waals surface area contributed by atoms with Gasteiger partial charge in [-0.25, -0.2) is 9.97 Å². The van der Waals surface area contributed by atoms with Crippen molar-refractivity contribution in [2.75, 3.05) is 36.6 Å². The van der Waals surface area contributed by atoms with Crippen LogP contribution in [0.25, 0.3) is 0 Å². The van der Waals surface area contributed by atoms with Gasteiger partial charge in [0.25, 0.3) is 0 Å². The van der Waals surface area contributed by atoms with Gasteiger partial charge in [-0.2, -0.15) is 0 Å². The van der Waals surface area contributed by atoms with Crippen molar-refractivity contribution in [2.45, 2.75) is 24.4 Å². The van der Waals surface area contributed by atoms with Gasteiger partial charge in [0.1, 0.15) is 11.6 Å². The molecule has 1 saturated heterocycles. The van der Waals surface area contributed by atoms with Crippen molar-refractivity contribution in [3.8, 4) is 0 Å². The second-order valence-electron chi connectivity index (χ2n) is 3.90.